The molecule has 0 radical (unpaired) electrons. The lowest BCUT2D eigenvalue weighted by molar-refractivity contribution is 0.249. The topological polar surface area (TPSA) is 44.5 Å². The van der Waals surface area contributed by atoms with Crippen molar-refractivity contribution in [1.82, 2.24) is 0 Å². The Morgan fingerprint density at radius 3 is 2.55 bits per heavy atom. The highest BCUT2D eigenvalue weighted by Crippen LogP contribution is 2.58. The maximum atomic E-state index is 6.33. The second kappa shape index (κ2) is 3.91. The molecule has 0 saturated heterocycles. The Bertz CT molecular complexity index is 539. The summed E-state index contributed by atoms with van der Waals surface area (Å²) in [6, 6.07) is 2.38. The molecule has 108 valence electrons. The Morgan fingerprint density at radius 1 is 1.20 bits per heavy atom. The van der Waals surface area contributed by atoms with Crippen molar-refractivity contribution in [3.8, 4) is 11.5 Å². The van der Waals surface area contributed by atoms with Crippen molar-refractivity contribution in [2.24, 2.45) is 5.73 Å². The van der Waals surface area contributed by atoms with Crippen LogP contribution in [-0.4, -0.2) is 18.2 Å². The van der Waals surface area contributed by atoms with Crippen molar-refractivity contribution in [3.05, 3.63) is 22.8 Å². The number of fused-ring (bicyclic) bond motifs is 2. The number of ether oxygens (including phenoxy) is 2. The van der Waals surface area contributed by atoms with E-state index in [0.29, 0.717) is 0 Å². The smallest absolute Gasteiger partial charge is 0.127 e. The highest BCUT2D eigenvalue weighted by atomic mass is 16.5. The normalized spacial score (nSPS) is 30.2. The molecule has 3 aliphatic rings. The molecule has 20 heavy (non-hydrogen) atoms. The summed E-state index contributed by atoms with van der Waals surface area (Å²) in [7, 11) is 0. The van der Waals surface area contributed by atoms with Gasteiger partial charge < -0.3 is 15.2 Å². The summed E-state index contributed by atoms with van der Waals surface area (Å²) in [6.45, 7) is 6.42. The van der Waals surface area contributed by atoms with Gasteiger partial charge >= 0.3 is 0 Å². The zero-order valence-electron chi connectivity index (χ0n) is 12.5. The first-order valence-corrected chi connectivity index (χ1v) is 7.79. The van der Waals surface area contributed by atoms with Gasteiger partial charge in [-0.25, -0.2) is 0 Å². The third kappa shape index (κ3) is 1.56. The molecule has 1 saturated carbocycles. The van der Waals surface area contributed by atoms with Crippen molar-refractivity contribution in [3.63, 3.8) is 0 Å². The highest BCUT2D eigenvalue weighted by Gasteiger charge is 2.52. The van der Waals surface area contributed by atoms with Crippen LogP contribution in [0.25, 0.3) is 0 Å². The van der Waals surface area contributed by atoms with E-state index in [9.17, 15) is 0 Å². The van der Waals surface area contributed by atoms with E-state index in [2.05, 4.69) is 26.8 Å². The maximum Gasteiger partial charge on any atom is 0.127 e. The molecule has 0 aromatic heterocycles. The van der Waals surface area contributed by atoms with Gasteiger partial charge in [0.1, 0.15) is 23.7 Å². The Balaban J connectivity index is 1.93. The van der Waals surface area contributed by atoms with E-state index in [-0.39, 0.29) is 23.7 Å². The van der Waals surface area contributed by atoms with Gasteiger partial charge in [0.15, 0.2) is 0 Å². The largest absolute Gasteiger partial charge is 0.490 e. The number of benzene rings is 1. The van der Waals surface area contributed by atoms with Crippen LogP contribution in [0.15, 0.2) is 6.07 Å². The molecular formula is C17H23NO2. The Kier molecular flexibility index (Phi) is 2.45. The van der Waals surface area contributed by atoms with E-state index >= 15 is 0 Å². The van der Waals surface area contributed by atoms with E-state index in [4.69, 9.17) is 15.2 Å². The molecule has 3 unspecified atom stereocenters. The average molecular weight is 273 g/mol. The first kappa shape index (κ1) is 12.5. The molecule has 0 amide bonds. The van der Waals surface area contributed by atoms with Gasteiger partial charge in [-0.05, 0) is 39.7 Å². The minimum Gasteiger partial charge on any atom is -0.490 e. The molecule has 1 fully saturated rings. The standard InChI is InChI=1S/C17H23NO2/c1-9-6-12-8-14-13(7-10(2)19-14)15(16(12)20-9)17(4-5-17)11(3)18/h8-11H,4-7,18H2,1-3H3. The lowest BCUT2D eigenvalue weighted by Gasteiger charge is -2.25. The quantitative estimate of drug-likeness (QED) is 0.901. The summed E-state index contributed by atoms with van der Waals surface area (Å²) in [4.78, 5) is 0. The number of hydrogen-bond acceptors (Lipinski definition) is 3. The van der Waals surface area contributed by atoms with Crippen LogP contribution in [0.3, 0.4) is 0 Å². The van der Waals surface area contributed by atoms with Crippen LogP contribution in [0.4, 0.5) is 0 Å². The summed E-state index contributed by atoms with van der Waals surface area (Å²) in [5, 5.41) is 0. The summed E-state index contributed by atoms with van der Waals surface area (Å²) in [5.41, 5.74) is 10.5. The summed E-state index contributed by atoms with van der Waals surface area (Å²) in [6.07, 6.45) is 4.88. The Hall–Kier alpha value is -1.22. The van der Waals surface area contributed by atoms with Crippen molar-refractivity contribution >= 4 is 0 Å². The van der Waals surface area contributed by atoms with Crippen LogP contribution in [0.2, 0.25) is 0 Å². The molecule has 2 N–H and O–H groups in total. The molecular weight excluding hydrogens is 250 g/mol. The fraction of sp³-hybridized carbons (Fsp3) is 0.647. The molecule has 2 aliphatic heterocycles. The lowest BCUT2D eigenvalue weighted by atomic mass is 9.83. The fourth-order valence-electron chi connectivity index (χ4n) is 4.02. The molecule has 3 atom stereocenters. The van der Waals surface area contributed by atoms with Gasteiger partial charge in [-0.15, -0.1) is 0 Å². The van der Waals surface area contributed by atoms with Crippen LogP contribution in [-0.2, 0) is 18.3 Å². The highest BCUT2D eigenvalue weighted by molar-refractivity contribution is 5.62. The van der Waals surface area contributed by atoms with Crippen molar-refractivity contribution in [1.29, 1.82) is 0 Å². The van der Waals surface area contributed by atoms with Gasteiger partial charge in [-0.3, -0.25) is 0 Å². The van der Waals surface area contributed by atoms with E-state index < -0.39 is 0 Å². The van der Waals surface area contributed by atoms with Gasteiger partial charge in [0.2, 0.25) is 0 Å². The maximum absolute atomic E-state index is 6.33. The van der Waals surface area contributed by atoms with Gasteiger partial charge in [0.25, 0.3) is 0 Å². The van der Waals surface area contributed by atoms with Crippen molar-refractivity contribution in [2.75, 3.05) is 0 Å². The summed E-state index contributed by atoms with van der Waals surface area (Å²) < 4.78 is 12.2. The van der Waals surface area contributed by atoms with Crippen LogP contribution >= 0.6 is 0 Å². The second-order valence-corrected chi connectivity index (χ2v) is 6.93. The molecule has 4 rings (SSSR count). The van der Waals surface area contributed by atoms with Gasteiger partial charge in [0, 0.05) is 41.0 Å². The lowest BCUT2D eigenvalue weighted by Crippen LogP contribution is -2.32. The second-order valence-electron chi connectivity index (χ2n) is 6.93. The Morgan fingerprint density at radius 2 is 1.90 bits per heavy atom. The van der Waals surface area contributed by atoms with Crippen LogP contribution in [0, 0.1) is 0 Å². The zero-order chi connectivity index (χ0) is 14.1. The predicted molar refractivity (Wildman–Crippen MR) is 78.6 cm³/mol. The SMILES string of the molecule is CC1Cc2c(cc3c(c2C2(C(C)N)CC2)OC(C)C3)O1. The zero-order valence-corrected chi connectivity index (χ0v) is 12.5. The molecule has 3 nitrogen and oxygen atoms in total. The fourth-order valence-corrected chi connectivity index (χ4v) is 4.02. The minimum absolute atomic E-state index is 0.132. The van der Waals surface area contributed by atoms with Gasteiger partial charge in [0.05, 0.1) is 0 Å². The van der Waals surface area contributed by atoms with E-state index in [1.807, 2.05) is 0 Å². The number of hydrogen-bond donors (Lipinski definition) is 1. The van der Waals surface area contributed by atoms with Crippen LogP contribution in [0.1, 0.15) is 50.3 Å². The van der Waals surface area contributed by atoms with E-state index in [1.165, 1.54) is 29.5 Å². The molecule has 1 aromatic carbocycles. The van der Waals surface area contributed by atoms with Crippen LogP contribution in [0.5, 0.6) is 11.5 Å². The summed E-state index contributed by atoms with van der Waals surface area (Å²) >= 11 is 0. The molecule has 2 heterocycles. The molecule has 1 aliphatic carbocycles. The van der Waals surface area contributed by atoms with E-state index in [0.717, 1.165) is 24.3 Å². The molecule has 0 spiro atoms. The summed E-state index contributed by atoms with van der Waals surface area (Å²) in [5.74, 6) is 2.21. The molecule has 3 heteroatoms. The third-order valence-electron chi connectivity index (χ3n) is 5.23. The van der Waals surface area contributed by atoms with Crippen molar-refractivity contribution in [2.45, 2.75) is 70.1 Å². The average Bonchev–Trinajstić information content (AvgIpc) is 2.96. The predicted octanol–water partition coefficient (Wildman–Crippen LogP) is 2.71. The Labute approximate surface area is 120 Å². The first-order valence-electron chi connectivity index (χ1n) is 7.79. The van der Waals surface area contributed by atoms with Gasteiger partial charge in [-0.1, -0.05) is 0 Å². The monoisotopic (exact) mass is 273 g/mol. The first-order chi connectivity index (χ1) is 9.51. The van der Waals surface area contributed by atoms with E-state index in [1.54, 1.807) is 0 Å². The van der Waals surface area contributed by atoms with Crippen LogP contribution < -0.4 is 15.2 Å². The number of rotatable bonds is 2. The number of nitrogens with two attached hydrogens (primary N) is 1. The molecule has 0 bridgehead atoms. The third-order valence-corrected chi connectivity index (χ3v) is 5.23. The van der Waals surface area contributed by atoms with Gasteiger partial charge in [-0.2, -0.15) is 0 Å². The minimum atomic E-state index is 0.132. The van der Waals surface area contributed by atoms with Crippen molar-refractivity contribution < 1.29 is 9.47 Å². The molecule has 1 aromatic rings.